The average Bonchev–Trinajstić information content (AvgIpc) is 3.26. The largest absolute Gasteiger partial charge is 0.368 e. The normalized spacial score (nSPS) is 11.4. The lowest BCUT2D eigenvalue weighted by Crippen LogP contribution is -2.25. The summed E-state index contributed by atoms with van der Waals surface area (Å²) < 4.78 is 15.4. The Labute approximate surface area is 188 Å². The van der Waals surface area contributed by atoms with E-state index in [4.69, 9.17) is 4.98 Å². The predicted molar refractivity (Wildman–Crippen MR) is 125 cm³/mol. The van der Waals surface area contributed by atoms with Gasteiger partial charge in [-0.1, -0.05) is 30.3 Å². The molecule has 0 amide bonds. The maximum atomic E-state index is 13.7. The molecule has 5 rings (SSSR count). The van der Waals surface area contributed by atoms with Gasteiger partial charge < -0.3 is 10.3 Å². The van der Waals surface area contributed by atoms with Gasteiger partial charge in [-0.05, 0) is 43.5 Å². The van der Waals surface area contributed by atoms with Gasteiger partial charge in [-0.25, -0.2) is 9.97 Å². The maximum absolute atomic E-state index is 13.7. The highest BCUT2D eigenvalue weighted by Gasteiger charge is 2.16. The van der Waals surface area contributed by atoms with Gasteiger partial charge in [0.2, 0.25) is 0 Å². The summed E-state index contributed by atoms with van der Waals surface area (Å²) in [7, 11) is 0. The quantitative estimate of drug-likeness (QED) is 0.305. The summed E-state index contributed by atoms with van der Waals surface area (Å²) in [5, 5.41) is 3.75. The van der Waals surface area contributed by atoms with Crippen LogP contribution < -0.4 is 10.9 Å². The lowest BCUT2D eigenvalue weighted by atomic mass is 10.1. The van der Waals surface area contributed by atoms with Crippen LogP contribution in [0.3, 0.4) is 0 Å². The number of nitrogens with zero attached hydrogens (tertiary/aromatic N) is 5. The molecule has 0 saturated carbocycles. The zero-order valence-corrected chi connectivity index (χ0v) is 18.3. The zero-order chi connectivity index (χ0) is 22.9. The van der Waals surface area contributed by atoms with Gasteiger partial charge in [0.05, 0.1) is 22.9 Å². The second kappa shape index (κ2) is 8.42. The standard InChI is InChI=1S/C24H22FN7O/c1-14-7-3-4-10-17(14)32-18(29-16-9-5-8-15(2)19(16)23(32)33)11-6-12-26-21-20-22(28-13-27-20)31-24(25)30-21/h3-5,7-10,13H,6,11-12H2,1-2H3,(H2,26,27,28,30,31). The van der Waals surface area contributed by atoms with Crippen LogP contribution in [0.25, 0.3) is 27.8 Å². The molecule has 0 aliphatic carbocycles. The summed E-state index contributed by atoms with van der Waals surface area (Å²) >= 11 is 0. The Morgan fingerprint density at radius 3 is 2.70 bits per heavy atom. The number of para-hydroxylation sites is 1. The van der Waals surface area contributed by atoms with Crippen LogP contribution in [-0.2, 0) is 6.42 Å². The number of aromatic amines is 1. The van der Waals surface area contributed by atoms with Gasteiger partial charge in [-0.3, -0.25) is 9.36 Å². The number of hydrogen-bond acceptors (Lipinski definition) is 6. The molecule has 0 radical (unpaired) electrons. The van der Waals surface area contributed by atoms with Crippen LogP contribution in [0.4, 0.5) is 10.2 Å². The van der Waals surface area contributed by atoms with Crippen LogP contribution in [0.1, 0.15) is 23.4 Å². The van der Waals surface area contributed by atoms with Crippen molar-refractivity contribution in [2.45, 2.75) is 26.7 Å². The number of halogens is 1. The molecule has 2 N–H and O–H groups in total. The van der Waals surface area contributed by atoms with Crippen molar-refractivity contribution in [1.82, 2.24) is 29.5 Å². The molecule has 0 bridgehead atoms. The minimum absolute atomic E-state index is 0.0774. The van der Waals surface area contributed by atoms with Crippen molar-refractivity contribution in [3.8, 4) is 5.69 Å². The lowest BCUT2D eigenvalue weighted by molar-refractivity contribution is 0.545. The molecule has 0 fully saturated rings. The molecule has 166 valence electrons. The van der Waals surface area contributed by atoms with Gasteiger partial charge in [-0.2, -0.15) is 14.4 Å². The molecule has 3 aromatic heterocycles. The van der Waals surface area contributed by atoms with Gasteiger partial charge in [0.1, 0.15) is 11.3 Å². The first-order chi connectivity index (χ1) is 16.0. The third-order valence-corrected chi connectivity index (χ3v) is 5.65. The Hall–Kier alpha value is -4.14. The molecule has 33 heavy (non-hydrogen) atoms. The molecule has 9 heteroatoms. The van der Waals surface area contributed by atoms with E-state index in [2.05, 4.69) is 25.3 Å². The Morgan fingerprint density at radius 2 is 1.85 bits per heavy atom. The highest BCUT2D eigenvalue weighted by atomic mass is 19.1. The number of nitrogens with one attached hydrogen (secondary N) is 2. The first-order valence-electron chi connectivity index (χ1n) is 10.7. The molecule has 2 aromatic carbocycles. The number of anilines is 1. The van der Waals surface area contributed by atoms with Crippen molar-refractivity contribution in [3.05, 3.63) is 82.2 Å². The van der Waals surface area contributed by atoms with E-state index in [1.54, 1.807) is 4.57 Å². The third-order valence-electron chi connectivity index (χ3n) is 5.65. The van der Waals surface area contributed by atoms with E-state index < -0.39 is 6.08 Å². The summed E-state index contributed by atoms with van der Waals surface area (Å²) in [6.45, 7) is 4.40. The average molecular weight is 443 g/mol. The summed E-state index contributed by atoms with van der Waals surface area (Å²) in [5.74, 6) is 1.00. The monoisotopic (exact) mass is 443 g/mol. The SMILES string of the molecule is Cc1ccccc1-n1c(CCCNc2nc(F)nc3[nH]cnc23)nc2cccc(C)c2c1=O. The number of H-pyrrole nitrogens is 1. The summed E-state index contributed by atoms with van der Waals surface area (Å²) in [5.41, 5.74) is 4.13. The molecule has 0 saturated heterocycles. The fraction of sp³-hybridized carbons (Fsp3) is 0.208. The summed E-state index contributed by atoms with van der Waals surface area (Å²) in [6, 6.07) is 13.5. The number of benzene rings is 2. The molecule has 0 atom stereocenters. The van der Waals surface area contributed by atoms with Crippen LogP contribution in [0.5, 0.6) is 0 Å². The van der Waals surface area contributed by atoms with E-state index >= 15 is 0 Å². The van der Waals surface area contributed by atoms with Crippen LogP contribution in [-0.4, -0.2) is 36.0 Å². The zero-order valence-electron chi connectivity index (χ0n) is 18.3. The van der Waals surface area contributed by atoms with Crippen molar-refractivity contribution < 1.29 is 4.39 Å². The van der Waals surface area contributed by atoms with E-state index in [0.717, 1.165) is 16.8 Å². The van der Waals surface area contributed by atoms with E-state index in [9.17, 15) is 9.18 Å². The van der Waals surface area contributed by atoms with Gasteiger partial charge in [0.25, 0.3) is 5.56 Å². The number of fused-ring (bicyclic) bond motifs is 2. The second-order valence-corrected chi connectivity index (χ2v) is 7.90. The molecule has 5 aromatic rings. The Kier molecular flexibility index (Phi) is 5.29. The number of rotatable bonds is 6. The van der Waals surface area contributed by atoms with Gasteiger partial charge >= 0.3 is 6.08 Å². The van der Waals surface area contributed by atoms with Crippen molar-refractivity contribution in [3.63, 3.8) is 0 Å². The van der Waals surface area contributed by atoms with Crippen molar-refractivity contribution in [1.29, 1.82) is 0 Å². The number of aryl methyl sites for hydroxylation is 3. The fourth-order valence-corrected chi connectivity index (χ4v) is 4.06. The number of aromatic nitrogens is 6. The van der Waals surface area contributed by atoms with Gasteiger partial charge in [-0.15, -0.1) is 0 Å². The van der Waals surface area contributed by atoms with Crippen molar-refractivity contribution >= 4 is 27.9 Å². The van der Waals surface area contributed by atoms with Gasteiger partial charge in [0, 0.05) is 13.0 Å². The topological polar surface area (TPSA) is 101 Å². The van der Waals surface area contributed by atoms with Crippen LogP contribution in [0.2, 0.25) is 0 Å². The summed E-state index contributed by atoms with van der Waals surface area (Å²) in [6.07, 6.45) is 1.81. The first-order valence-corrected chi connectivity index (χ1v) is 10.7. The van der Waals surface area contributed by atoms with Crippen LogP contribution in [0.15, 0.2) is 53.6 Å². The van der Waals surface area contributed by atoms with E-state index in [-0.39, 0.29) is 5.56 Å². The lowest BCUT2D eigenvalue weighted by Gasteiger charge is -2.16. The molecule has 0 spiro atoms. The Morgan fingerprint density at radius 1 is 1.03 bits per heavy atom. The first kappa shape index (κ1) is 20.7. The molecule has 3 heterocycles. The Balaban J connectivity index is 1.47. The van der Waals surface area contributed by atoms with Crippen molar-refractivity contribution in [2.24, 2.45) is 0 Å². The van der Waals surface area contributed by atoms with Crippen LogP contribution >= 0.6 is 0 Å². The van der Waals surface area contributed by atoms with Crippen LogP contribution in [0, 0.1) is 19.9 Å². The van der Waals surface area contributed by atoms with E-state index in [1.165, 1.54) is 6.33 Å². The minimum atomic E-state index is -0.825. The summed E-state index contributed by atoms with van der Waals surface area (Å²) in [4.78, 5) is 32.9. The number of hydrogen-bond donors (Lipinski definition) is 2. The van der Waals surface area contributed by atoms with E-state index in [1.807, 2.05) is 56.3 Å². The second-order valence-electron chi connectivity index (χ2n) is 7.90. The maximum Gasteiger partial charge on any atom is 0.312 e. The highest BCUT2D eigenvalue weighted by molar-refractivity contribution is 5.82. The smallest absolute Gasteiger partial charge is 0.312 e. The van der Waals surface area contributed by atoms with E-state index in [0.29, 0.717) is 53.1 Å². The third kappa shape index (κ3) is 3.82. The van der Waals surface area contributed by atoms with Crippen molar-refractivity contribution in [2.75, 3.05) is 11.9 Å². The van der Waals surface area contributed by atoms with Gasteiger partial charge in [0.15, 0.2) is 11.5 Å². The predicted octanol–water partition coefficient (Wildman–Crippen LogP) is 3.85. The number of imidazole rings is 1. The fourth-order valence-electron chi connectivity index (χ4n) is 4.06. The molecule has 0 aliphatic heterocycles. The molecule has 0 aliphatic rings. The highest BCUT2D eigenvalue weighted by Crippen LogP contribution is 2.20. The molecule has 8 nitrogen and oxygen atoms in total. The minimum Gasteiger partial charge on any atom is -0.368 e. The molecular formula is C24H22FN7O. The Bertz CT molecular complexity index is 1540. The molecular weight excluding hydrogens is 421 g/mol. The molecule has 0 unspecified atom stereocenters.